The van der Waals surface area contributed by atoms with Crippen molar-refractivity contribution in [1.29, 1.82) is 0 Å². The Balaban J connectivity index is 0.985. The number of fused-ring (bicyclic) bond motifs is 9. The Labute approximate surface area is 328 Å². The van der Waals surface area contributed by atoms with Crippen LogP contribution in [-0.2, 0) is 0 Å². The highest BCUT2D eigenvalue weighted by Gasteiger charge is 2.29. The summed E-state index contributed by atoms with van der Waals surface area (Å²) in [5.74, 6) is 1.13. The summed E-state index contributed by atoms with van der Waals surface area (Å²) in [6.45, 7) is 0. The van der Waals surface area contributed by atoms with Crippen LogP contribution in [0.5, 0.6) is 0 Å². The Hall–Kier alpha value is -7.15. The summed E-state index contributed by atoms with van der Waals surface area (Å²) >= 11 is 0. The molecule has 0 saturated heterocycles. The van der Waals surface area contributed by atoms with Crippen LogP contribution in [0.25, 0.3) is 82.5 Å². The smallest absolute Gasteiger partial charge is 0.136 e. The summed E-state index contributed by atoms with van der Waals surface area (Å²) in [5, 5.41) is 14.3. The Morgan fingerprint density at radius 2 is 1.25 bits per heavy atom. The van der Waals surface area contributed by atoms with Gasteiger partial charge in [-0.1, -0.05) is 109 Å². The van der Waals surface area contributed by atoms with Crippen LogP contribution in [-0.4, -0.2) is 16.6 Å². The van der Waals surface area contributed by atoms with Gasteiger partial charge in [0.1, 0.15) is 40.5 Å². The van der Waals surface area contributed by atoms with E-state index in [1.54, 1.807) is 0 Å². The third-order valence-electron chi connectivity index (χ3n) is 11.8. The maximum atomic E-state index is 6.52. The van der Waals surface area contributed by atoms with Crippen LogP contribution in [0.1, 0.15) is 23.7 Å². The van der Waals surface area contributed by atoms with Crippen molar-refractivity contribution >= 4 is 71.5 Å². The summed E-state index contributed by atoms with van der Waals surface area (Å²) in [5.41, 5.74) is 11.3. The second kappa shape index (κ2) is 12.7. The SMILES string of the molecule is C1=CCC(C2N=C(c3ccc4oc5cccc(-c6ccc7oc8ccc(-n9c%10ccccc%10c%10ccccc%109)cc8c7c6)c5c4c3)NC(c3ccccc3)N2)C=C1. The Bertz CT molecular complexity index is 3250. The van der Waals surface area contributed by atoms with Crippen molar-refractivity contribution in [3.63, 3.8) is 0 Å². The lowest BCUT2D eigenvalue weighted by molar-refractivity contribution is 0.339. The van der Waals surface area contributed by atoms with Gasteiger partial charge in [-0.15, -0.1) is 0 Å². The van der Waals surface area contributed by atoms with Crippen LogP contribution in [0.2, 0.25) is 0 Å². The standard InChI is InChI=1S/C51H36N4O2/c1-3-12-31(13-4-1)49-52-50(32-14-5-2-6-15-32)54-51(53-49)34-23-26-46-41(29-34)48-36(18-11-21-47(48)57-46)33-22-25-44-39(28-33)40-30-35(24-27-45(40)56-44)55-42-19-9-7-16-37(42)38-17-8-10-20-43(38)55/h1-14,16-30,32,49-50,52H,15H2,(H,53,54). The average molecular weight is 737 g/mol. The molecule has 10 aromatic rings. The number of benzene rings is 7. The van der Waals surface area contributed by atoms with Gasteiger partial charge >= 0.3 is 0 Å². The zero-order chi connectivity index (χ0) is 37.5. The van der Waals surface area contributed by atoms with E-state index in [1.807, 2.05) is 0 Å². The highest BCUT2D eigenvalue weighted by Crippen LogP contribution is 2.41. The van der Waals surface area contributed by atoms with Crippen LogP contribution in [0.15, 0.2) is 190 Å². The van der Waals surface area contributed by atoms with E-state index >= 15 is 0 Å². The van der Waals surface area contributed by atoms with Crippen molar-refractivity contribution < 1.29 is 8.83 Å². The van der Waals surface area contributed by atoms with E-state index in [4.69, 9.17) is 13.8 Å². The van der Waals surface area contributed by atoms with Crippen molar-refractivity contribution in [3.8, 4) is 16.8 Å². The summed E-state index contributed by atoms with van der Waals surface area (Å²) in [7, 11) is 0. The fourth-order valence-electron chi connectivity index (χ4n) is 9.09. The fourth-order valence-corrected chi connectivity index (χ4v) is 9.09. The summed E-state index contributed by atoms with van der Waals surface area (Å²) < 4.78 is 15.3. The Morgan fingerprint density at radius 1 is 0.561 bits per heavy atom. The predicted molar refractivity (Wildman–Crippen MR) is 233 cm³/mol. The maximum absolute atomic E-state index is 6.52. The predicted octanol–water partition coefficient (Wildman–Crippen LogP) is 12.3. The van der Waals surface area contributed by atoms with Crippen LogP contribution < -0.4 is 10.6 Å². The van der Waals surface area contributed by atoms with Crippen molar-refractivity contribution in [3.05, 3.63) is 187 Å². The Kier molecular flexibility index (Phi) is 7.16. The van der Waals surface area contributed by atoms with E-state index in [2.05, 4.69) is 191 Å². The Morgan fingerprint density at radius 3 is 2.04 bits per heavy atom. The van der Waals surface area contributed by atoms with Crippen molar-refractivity contribution in [1.82, 2.24) is 15.2 Å². The molecule has 7 aromatic carbocycles. The summed E-state index contributed by atoms with van der Waals surface area (Å²) in [6.07, 6.45) is 9.51. The third kappa shape index (κ3) is 5.18. The lowest BCUT2D eigenvalue weighted by Gasteiger charge is -2.35. The minimum atomic E-state index is -0.0812. The molecule has 1 aliphatic carbocycles. The molecule has 4 heterocycles. The van der Waals surface area contributed by atoms with E-state index in [-0.39, 0.29) is 18.2 Å². The molecule has 0 spiro atoms. The molecule has 0 saturated carbocycles. The minimum absolute atomic E-state index is 0.0769. The lowest BCUT2D eigenvalue weighted by Crippen LogP contribution is -2.50. The molecular weight excluding hydrogens is 701 g/mol. The summed E-state index contributed by atoms with van der Waals surface area (Å²) in [4.78, 5) is 5.29. The zero-order valence-corrected chi connectivity index (χ0v) is 30.9. The molecule has 3 atom stereocenters. The van der Waals surface area contributed by atoms with E-state index < -0.39 is 0 Å². The van der Waals surface area contributed by atoms with Crippen molar-refractivity contribution in [2.45, 2.75) is 18.8 Å². The monoisotopic (exact) mass is 736 g/mol. The first kappa shape index (κ1) is 32.1. The topological polar surface area (TPSA) is 67.6 Å². The molecule has 6 nitrogen and oxygen atoms in total. The normalized spacial score (nSPS) is 18.3. The number of furan rings is 2. The third-order valence-corrected chi connectivity index (χ3v) is 11.8. The number of hydrogen-bond acceptors (Lipinski definition) is 5. The maximum Gasteiger partial charge on any atom is 0.136 e. The van der Waals surface area contributed by atoms with Gasteiger partial charge in [0.15, 0.2) is 0 Å². The molecule has 0 radical (unpaired) electrons. The van der Waals surface area contributed by atoms with Gasteiger partial charge in [-0.05, 0) is 89.8 Å². The van der Waals surface area contributed by atoms with Crippen LogP contribution in [0, 0.1) is 5.92 Å². The molecule has 2 aliphatic rings. The number of hydrogen-bond donors (Lipinski definition) is 2. The number of nitrogens with zero attached hydrogens (tertiary/aromatic N) is 2. The molecular formula is C51H36N4O2. The number of aromatic nitrogens is 1. The first-order chi connectivity index (χ1) is 28.2. The molecule has 6 heteroatoms. The molecule has 12 rings (SSSR count). The number of allylic oxidation sites excluding steroid dienone is 3. The zero-order valence-electron chi connectivity index (χ0n) is 30.9. The van der Waals surface area contributed by atoms with Gasteiger partial charge < -0.3 is 18.7 Å². The van der Waals surface area contributed by atoms with E-state index in [0.29, 0.717) is 0 Å². The van der Waals surface area contributed by atoms with E-state index in [9.17, 15) is 0 Å². The number of para-hydroxylation sites is 2. The number of rotatable bonds is 5. The van der Waals surface area contributed by atoms with Gasteiger partial charge in [-0.3, -0.25) is 5.32 Å². The van der Waals surface area contributed by atoms with Gasteiger partial charge in [-0.2, -0.15) is 0 Å². The molecule has 1 aliphatic heterocycles. The van der Waals surface area contributed by atoms with Crippen LogP contribution >= 0.6 is 0 Å². The first-order valence-corrected chi connectivity index (χ1v) is 19.6. The first-order valence-electron chi connectivity index (χ1n) is 19.6. The van der Waals surface area contributed by atoms with Crippen molar-refractivity contribution in [2.24, 2.45) is 10.9 Å². The highest BCUT2D eigenvalue weighted by molar-refractivity contribution is 6.16. The molecule has 0 amide bonds. The second-order valence-corrected chi connectivity index (χ2v) is 15.1. The van der Waals surface area contributed by atoms with Gasteiger partial charge in [0.25, 0.3) is 0 Å². The number of nitrogens with one attached hydrogen (secondary N) is 2. The van der Waals surface area contributed by atoms with Gasteiger partial charge in [-0.25, -0.2) is 4.99 Å². The van der Waals surface area contributed by atoms with E-state index in [1.165, 1.54) is 27.4 Å². The number of aliphatic imine (C=N–C) groups is 1. The quantitative estimate of drug-likeness (QED) is 0.185. The highest BCUT2D eigenvalue weighted by atomic mass is 16.3. The molecule has 0 fully saturated rings. The largest absolute Gasteiger partial charge is 0.456 e. The minimum Gasteiger partial charge on any atom is -0.456 e. The van der Waals surface area contributed by atoms with E-state index in [0.717, 1.165) is 78.5 Å². The van der Waals surface area contributed by atoms with Crippen LogP contribution in [0.4, 0.5) is 0 Å². The lowest BCUT2D eigenvalue weighted by atomic mass is 9.95. The molecule has 3 unspecified atom stereocenters. The number of amidine groups is 1. The van der Waals surface area contributed by atoms with Gasteiger partial charge in [0.2, 0.25) is 0 Å². The summed E-state index contributed by atoms with van der Waals surface area (Å²) in [6, 6.07) is 53.7. The van der Waals surface area contributed by atoms with Gasteiger partial charge in [0, 0.05) is 49.5 Å². The second-order valence-electron chi connectivity index (χ2n) is 15.1. The fraction of sp³-hybridized carbons (Fsp3) is 0.0784. The molecule has 3 aromatic heterocycles. The molecule has 0 bridgehead atoms. The molecule has 57 heavy (non-hydrogen) atoms. The van der Waals surface area contributed by atoms with Crippen molar-refractivity contribution in [2.75, 3.05) is 0 Å². The average Bonchev–Trinajstić information content (AvgIpc) is 3.95. The van der Waals surface area contributed by atoms with Gasteiger partial charge in [0.05, 0.1) is 11.0 Å². The van der Waals surface area contributed by atoms with Crippen LogP contribution in [0.3, 0.4) is 0 Å². The molecule has 272 valence electrons. The molecule has 2 N–H and O–H groups in total.